The Morgan fingerprint density at radius 1 is 1.42 bits per heavy atom. The smallest absolute Gasteiger partial charge is 0.253 e. The van der Waals surface area contributed by atoms with Crippen LogP contribution in [-0.2, 0) is 0 Å². The lowest BCUT2D eigenvalue weighted by Gasteiger charge is -2.34. The summed E-state index contributed by atoms with van der Waals surface area (Å²) in [5.41, 5.74) is 3.07. The Bertz CT molecular complexity index is 452. The van der Waals surface area contributed by atoms with E-state index >= 15 is 0 Å². The number of nitrogens with zero attached hydrogens (tertiary/aromatic N) is 1. The molecule has 19 heavy (non-hydrogen) atoms. The summed E-state index contributed by atoms with van der Waals surface area (Å²) in [5, 5.41) is 3.38. The van der Waals surface area contributed by atoms with Gasteiger partial charge in [0, 0.05) is 30.9 Å². The van der Waals surface area contributed by atoms with Gasteiger partial charge in [-0.2, -0.15) is 0 Å². The van der Waals surface area contributed by atoms with Crippen LogP contribution < -0.4 is 5.32 Å². The van der Waals surface area contributed by atoms with Gasteiger partial charge in [-0.15, -0.1) is 0 Å². The predicted molar refractivity (Wildman–Crippen MR) is 79.7 cm³/mol. The second kappa shape index (κ2) is 6.09. The molecule has 0 spiro atoms. The molecule has 1 amide bonds. The Hall–Kier alpha value is -1.51. The van der Waals surface area contributed by atoms with Crippen molar-refractivity contribution in [1.82, 2.24) is 4.90 Å². The molecule has 3 heteroatoms. The molecule has 1 aliphatic rings. The maximum Gasteiger partial charge on any atom is 0.253 e. The third-order valence-corrected chi connectivity index (χ3v) is 3.98. The van der Waals surface area contributed by atoms with Crippen LogP contribution in [0.3, 0.4) is 0 Å². The first-order chi connectivity index (χ1) is 9.13. The van der Waals surface area contributed by atoms with Gasteiger partial charge in [0.05, 0.1) is 0 Å². The molecule has 0 saturated heterocycles. The van der Waals surface area contributed by atoms with Crippen molar-refractivity contribution < 1.29 is 4.79 Å². The van der Waals surface area contributed by atoms with Gasteiger partial charge in [0.25, 0.3) is 5.91 Å². The Kier molecular flexibility index (Phi) is 4.46. The number of rotatable bonds is 5. The van der Waals surface area contributed by atoms with Crippen molar-refractivity contribution in [3.63, 3.8) is 0 Å². The zero-order valence-electron chi connectivity index (χ0n) is 12.2. The summed E-state index contributed by atoms with van der Waals surface area (Å²) in [7, 11) is 1.92. The molecule has 0 aliphatic heterocycles. The SMILES string of the molecule is CCCNc1ccc(C(=O)N(C)C2CCC2)cc1C. The molecule has 2 rings (SSSR count). The molecular formula is C16H24N2O. The van der Waals surface area contributed by atoms with E-state index in [4.69, 9.17) is 0 Å². The summed E-state index contributed by atoms with van der Waals surface area (Å²) in [6.45, 7) is 5.17. The molecule has 3 nitrogen and oxygen atoms in total. The molecule has 0 atom stereocenters. The van der Waals surface area contributed by atoms with Gasteiger partial charge in [-0.25, -0.2) is 0 Å². The molecule has 0 aromatic heterocycles. The monoisotopic (exact) mass is 260 g/mol. The average Bonchev–Trinajstić information content (AvgIpc) is 2.34. The van der Waals surface area contributed by atoms with Crippen molar-refractivity contribution in [1.29, 1.82) is 0 Å². The van der Waals surface area contributed by atoms with Crippen LogP contribution in [0, 0.1) is 6.92 Å². The lowest BCUT2D eigenvalue weighted by atomic mass is 9.91. The number of carbonyl (C=O) groups excluding carboxylic acids is 1. The Balaban J connectivity index is 2.07. The third-order valence-electron chi connectivity index (χ3n) is 3.98. The highest BCUT2D eigenvalue weighted by molar-refractivity contribution is 5.95. The fraction of sp³-hybridized carbons (Fsp3) is 0.562. The first-order valence-electron chi connectivity index (χ1n) is 7.25. The number of hydrogen-bond donors (Lipinski definition) is 1. The van der Waals surface area contributed by atoms with Gasteiger partial charge in [0.15, 0.2) is 0 Å². The van der Waals surface area contributed by atoms with E-state index in [9.17, 15) is 4.79 Å². The lowest BCUT2D eigenvalue weighted by molar-refractivity contribution is 0.0652. The van der Waals surface area contributed by atoms with E-state index in [2.05, 4.69) is 19.2 Å². The minimum Gasteiger partial charge on any atom is -0.385 e. The summed E-state index contributed by atoms with van der Waals surface area (Å²) in [5.74, 6) is 0.148. The van der Waals surface area contributed by atoms with E-state index in [0.29, 0.717) is 6.04 Å². The fourth-order valence-electron chi connectivity index (χ4n) is 2.40. The number of carbonyl (C=O) groups is 1. The molecule has 0 radical (unpaired) electrons. The highest BCUT2D eigenvalue weighted by Crippen LogP contribution is 2.25. The fourth-order valence-corrected chi connectivity index (χ4v) is 2.40. The van der Waals surface area contributed by atoms with Crippen LogP contribution in [-0.4, -0.2) is 30.4 Å². The van der Waals surface area contributed by atoms with Crippen LogP contribution in [0.5, 0.6) is 0 Å². The molecule has 0 bridgehead atoms. The molecule has 1 aliphatic carbocycles. The second-order valence-electron chi connectivity index (χ2n) is 5.46. The maximum atomic E-state index is 12.4. The highest BCUT2D eigenvalue weighted by atomic mass is 16.2. The third kappa shape index (κ3) is 3.09. The zero-order chi connectivity index (χ0) is 13.8. The van der Waals surface area contributed by atoms with Crippen molar-refractivity contribution >= 4 is 11.6 Å². The molecule has 1 saturated carbocycles. The van der Waals surface area contributed by atoms with Crippen molar-refractivity contribution in [2.24, 2.45) is 0 Å². The summed E-state index contributed by atoms with van der Waals surface area (Å²) >= 11 is 0. The van der Waals surface area contributed by atoms with Gasteiger partial charge < -0.3 is 10.2 Å². The minimum atomic E-state index is 0.148. The second-order valence-corrected chi connectivity index (χ2v) is 5.46. The van der Waals surface area contributed by atoms with Crippen LogP contribution >= 0.6 is 0 Å². The van der Waals surface area contributed by atoms with Gasteiger partial charge in [-0.1, -0.05) is 6.92 Å². The standard InChI is InChI=1S/C16H24N2O/c1-4-10-17-15-9-8-13(11-12(15)2)16(19)18(3)14-6-5-7-14/h8-9,11,14,17H,4-7,10H2,1-3H3. The molecule has 1 aromatic rings. The quantitative estimate of drug-likeness (QED) is 0.879. The molecular weight excluding hydrogens is 236 g/mol. The predicted octanol–water partition coefficient (Wildman–Crippen LogP) is 3.44. The van der Waals surface area contributed by atoms with Gasteiger partial charge in [-0.3, -0.25) is 4.79 Å². The summed E-state index contributed by atoms with van der Waals surface area (Å²) in [6.07, 6.45) is 4.65. The van der Waals surface area contributed by atoms with Crippen molar-refractivity contribution in [3.8, 4) is 0 Å². The molecule has 1 aromatic carbocycles. The van der Waals surface area contributed by atoms with Crippen molar-refractivity contribution in [2.75, 3.05) is 18.9 Å². The number of nitrogens with one attached hydrogen (secondary N) is 1. The van der Waals surface area contributed by atoms with E-state index in [0.717, 1.165) is 42.6 Å². The largest absolute Gasteiger partial charge is 0.385 e. The molecule has 104 valence electrons. The molecule has 1 fully saturated rings. The minimum absolute atomic E-state index is 0.148. The normalized spacial score (nSPS) is 14.9. The van der Waals surface area contributed by atoms with Gasteiger partial charge in [-0.05, 0) is 56.4 Å². The van der Waals surface area contributed by atoms with E-state index in [1.165, 1.54) is 6.42 Å². The van der Waals surface area contributed by atoms with Crippen LogP contribution in [0.25, 0.3) is 0 Å². The van der Waals surface area contributed by atoms with E-state index < -0.39 is 0 Å². The number of anilines is 1. The van der Waals surface area contributed by atoms with Crippen LogP contribution in [0.2, 0.25) is 0 Å². The Morgan fingerprint density at radius 3 is 2.68 bits per heavy atom. The topological polar surface area (TPSA) is 32.3 Å². The Labute approximate surface area is 116 Å². The molecule has 0 heterocycles. The maximum absolute atomic E-state index is 12.4. The first-order valence-corrected chi connectivity index (χ1v) is 7.25. The van der Waals surface area contributed by atoms with Crippen molar-refractivity contribution in [2.45, 2.75) is 45.6 Å². The van der Waals surface area contributed by atoms with Crippen LogP contribution in [0.15, 0.2) is 18.2 Å². The van der Waals surface area contributed by atoms with Crippen LogP contribution in [0.4, 0.5) is 5.69 Å². The Morgan fingerprint density at radius 2 is 2.16 bits per heavy atom. The van der Waals surface area contributed by atoms with E-state index in [-0.39, 0.29) is 5.91 Å². The first kappa shape index (κ1) is 13.9. The lowest BCUT2D eigenvalue weighted by Crippen LogP contribution is -2.41. The number of aryl methyl sites for hydroxylation is 1. The van der Waals surface area contributed by atoms with Gasteiger partial charge in [0.1, 0.15) is 0 Å². The van der Waals surface area contributed by atoms with Gasteiger partial charge >= 0.3 is 0 Å². The summed E-state index contributed by atoms with van der Waals surface area (Å²) < 4.78 is 0. The van der Waals surface area contributed by atoms with Crippen LogP contribution in [0.1, 0.15) is 48.5 Å². The zero-order valence-corrected chi connectivity index (χ0v) is 12.2. The summed E-state index contributed by atoms with van der Waals surface area (Å²) in [4.78, 5) is 14.3. The summed E-state index contributed by atoms with van der Waals surface area (Å²) in [6, 6.07) is 6.40. The van der Waals surface area contributed by atoms with Gasteiger partial charge in [0.2, 0.25) is 0 Å². The van der Waals surface area contributed by atoms with E-state index in [1.54, 1.807) is 0 Å². The highest BCUT2D eigenvalue weighted by Gasteiger charge is 2.26. The molecule has 0 unspecified atom stereocenters. The number of benzene rings is 1. The molecule has 1 N–H and O–H groups in total. The number of hydrogen-bond acceptors (Lipinski definition) is 2. The van der Waals surface area contributed by atoms with E-state index in [1.807, 2.05) is 30.1 Å². The number of amides is 1. The average molecular weight is 260 g/mol. The van der Waals surface area contributed by atoms with Crippen molar-refractivity contribution in [3.05, 3.63) is 29.3 Å².